The summed E-state index contributed by atoms with van der Waals surface area (Å²) >= 11 is 0. The summed E-state index contributed by atoms with van der Waals surface area (Å²) in [6, 6.07) is 3.19. The molecule has 0 heterocycles. The zero-order chi connectivity index (χ0) is 14.8. The van der Waals surface area contributed by atoms with E-state index in [2.05, 4.69) is 4.72 Å². The molecule has 2 N–H and O–H groups in total. The molecule has 2 unspecified atom stereocenters. The van der Waals surface area contributed by atoms with Gasteiger partial charge in [0.05, 0.1) is 11.0 Å². The molecule has 0 radical (unpaired) electrons. The Hall–Kier alpha value is -0.980. The Labute approximate surface area is 119 Å². The molecule has 20 heavy (non-hydrogen) atoms. The third-order valence-electron chi connectivity index (χ3n) is 3.73. The van der Waals surface area contributed by atoms with E-state index in [0.717, 1.165) is 25.3 Å². The largest absolute Gasteiger partial charge is 0.391 e. The molecule has 1 saturated carbocycles. The molecule has 1 aromatic rings. The van der Waals surface area contributed by atoms with Gasteiger partial charge in [-0.05, 0) is 37.5 Å². The lowest BCUT2D eigenvalue weighted by Crippen LogP contribution is -2.42. The zero-order valence-corrected chi connectivity index (χ0v) is 12.3. The highest BCUT2D eigenvalue weighted by atomic mass is 32.2. The van der Waals surface area contributed by atoms with Crippen LogP contribution in [-0.4, -0.2) is 25.7 Å². The number of hydrogen-bond donors (Lipinski definition) is 2. The maximum absolute atomic E-state index is 13.3. The molecule has 6 heteroatoms. The number of hydrogen-bond acceptors (Lipinski definition) is 3. The minimum Gasteiger partial charge on any atom is -0.391 e. The number of aliphatic hydroxyl groups is 1. The third kappa shape index (κ3) is 3.56. The fourth-order valence-electron chi connectivity index (χ4n) is 2.55. The average molecular weight is 301 g/mol. The van der Waals surface area contributed by atoms with E-state index in [4.69, 9.17) is 0 Å². The minimum absolute atomic E-state index is 0.0612. The van der Waals surface area contributed by atoms with E-state index < -0.39 is 28.0 Å². The van der Waals surface area contributed by atoms with Gasteiger partial charge in [0.2, 0.25) is 10.0 Å². The summed E-state index contributed by atoms with van der Waals surface area (Å²) in [6.07, 6.45) is 3.30. The normalized spacial score (nSPS) is 24.4. The van der Waals surface area contributed by atoms with Gasteiger partial charge in [0.15, 0.2) is 0 Å². The van der Waals surface area contributed by atoms with E-state index in [1.165, 1.54) is 12.1 Å². The standard InChI is InChI=1S/C14H20FNO3S/c1-10-7-8-11(15)9-14(10)20(18,19)16-12-5-3-2-4-6-13(12)17/h7-9,12-13,16-17H,2-6H2,1H3. The molecule has 0 aromatic heterocycles. The molecule has 1 aliphatic carbocycles. The number of aliphatic hydroxyl groups excluding tert-OH is 1. The van der Waals surface area contributed by atoms with E-state index in [1.807, 2.05) is 0 Å². The summed E-state index contributed by atoms with van der Waals surface area (Å²) in [5.74, 6) is -0.586. The smallest absolute Gasteiger partial charge is 0.241 e. The second-order valence-electron chi connectivity index (χ2n) is 5.34. The number of benzene rings is 1. The van der Waals surface area contributed by atoms with Crippen LogP contribution in [-0.2, 0) is 10.0 Å². The molecule has 0 saturated heterocycles. The van der Waals surface area contributed by atoms with Crippen LogP contribution in [0.4, 0.5) is 4.39 Å². The van der Waals surface area contributed by atoms with Gasteiger partial charge < -0.3 is 5.11 Å². The molecule has 0 aliphatic heterocycles. The van der Waals surface area contributed by atoms with Crippen molar-refractivity contribution in [2.75, 3.05) is 0 Å². The zero-order valence-electron chi connectivity index (χ0n) is 11.5. The van der Waals surface area contributed by atoms with Gasteiger partial charge in [0, 0.05) is 6.04 Å². The average Bonchev–Trinajstić information content (AvgIpc) is 2.57. The predicted molar refractivity (Wildman–Crippen MR) is 74.3 cm³/mol. The lowest BCUT2D eigenvalue weighted by atomic mass is 10.1. The number of rotatable bonds is 3. The van der Waals surface area contributed by atoms with Crippen LogP contribution in [0.5, 0.6) is 0 Å². The number of aryl methyl sites for hydroxylation is 1. The highest BCUT2D eigenvalue weighted by Gasteiger charge is 2.28. The highest BCUT2D eigenvalue weighted by Crippen LogP contribution is 2.22. The van der Waals surface area contributed by atoms with Gasteiger partial charge in [-0.2, -0.15) is 0 Å². The van der Waals surface area contributed by atoms with Crippen LogP contribution in [0.3, 0.4) is 0 Å². The molecule has 1 aromatic carbocycles. The van der Waals surface area contributed by atoms with E-state index in [9.17, 15) is 17.9 Å². The molecular formula is C14H20FNO3S. The molecule has 4 nitrogen and oxygen atoms in total. The van der Waals surface area contributed by atoms with E-state index >= 15 is 0 Å². The second-order valence-corrected chi connectivity index (χ2v) is 7.03. The Morgan fingerprint density at radius 1 is 1.25 bits per heavy atom. The predicted octanol–water partition coefficient (Wildman–Crippen LogP) is 2.11. The topological polar surface area (TPSA) is 66.4 Å². The van der Waals surface area contributed by atoms with Crippen molar-refractivity contribution in [3.05, 3.63) is 29.6 Å². The first-order valence-corrected chi connectivity index (χ1v) is 8.35. The molecule has 1 fully saturated rings. The van der Waals surface area contributed by atoms with Crippen molar-refractivity contribution in [1.82, 2.24) is 4.72 Å². The monoisotopic (exact) mass is 301 g/mol. The minimum atomic E-state index is -3.81. The Balaban J connectivity index is 2.24. The third-order valence-corrected chi connectivity index (χ3v) is 5.36. The van der Waals surface area contributed by atoms with Crippen molar-refractivity contribution >= 4 is 10.0 Å². The van der Waals surface area contributed by atoms with Crippen LogP contribution in [0.15, 0.2) is 23.1 Å². The van der Waals surface area contributed by atoms with Gasteiger partial charge in [0.1, 0.15) is 5.82 Å². The van der Waals surface area contributed by atoms with Gasteiger partial charge in [-0.3, -0.25) is 0 Å². The lowest BCUT2D eigenvalue weighted by molar-refractivity contribution is 0.130. The maximum atomic E-state index is 13.3. The van der Waals surface area contributed by atoms with Gasteiger partial charge in [-0.25, -0.2) is 17.5 Å². The van der Waals surface area contributed by atoms with Gasteiger partial charge in [-0.1, -0.05) is 25.3 Å². The second kappa shape index (κ2) is 6.20. The van der Waals surface area contributed by atoms with Crippen molar-refractivity contribution in [1.29, 1.82) is 0 Å². The van der Waals surface area contributed by atoms with Gasteiger partial charge >= 0.3 is 0 Å². The Morgan fingerprint density at radius 2 is 1.95 bits per heavy atom. The van der Waals surface area contributed by atoms with Gasteiger partial charge in [0.25, 0.3) is 0 Å². The molecule has 0 bridgehead atoms. The van der Waals surface area contributed by atoms with Crippen molar-refractivity contribution in [3.63, 3.8) is 0 Å². The fraction of sp³-hybridized carbons (Fsp3) is 0.571. The van der Waals surface area contributed by atoms with Crippen LogP contribution in [0.2, 0.25) is 0 Å². The molecule has 2 atom stereocenters. The van der Waals surface area contributed by atoms with Crippen molar-refractivity contribution in [2.24, 2.45) is 0 Å². The summed E-state index contributed by atoms with van der Waals surface area (Å²) in [5, 5.41) is 9.98. The highest BCUT2D eigenvalue weighted by molar-refractivity contribution is 7.89. The van der Waals surface area contributed by atoms with Crippen LogP contribution < -0.4 is 4.72 Å². The van der Waals surface area contributed by atoms with Crippen molar-refractivity contribution in [3.8, 4) is 0 Å². The summed E-state index contributed by atoms with van der Waals surface area (Å²) < 4.78 is 40.5. The van der Waals surface area contributed by atoms with E-state index in [-0.39, 0.29) is 4.90 Å². The first kappa shape index (κ1) is 15.4. The molecule has 1 aliphatic rings. The summed E-state index contributed by atoms with van der Waals surface area (Å²) in [5.41, 5.74) is 0.488. The van der Waals surface area contributed by atoms with Gasteiger partial charge in [-0.15, -0.1) is 0 Å². The molecule has 2 rings (SSSR count). The Bertz CT molecular complexity index is 574. The lowest BCUT2D eigenvalue weighted by Gasteiger charge is -2.22. The van der Waals surface area contributed by atoms with Crippen molar-refractivity contribution < 1.29 is 17.9 Å². The van der Waals surface area contributed by atoms with Crippen LogP contribution >= 0.6 is 0 Å². The summed E-state index contributed by atoms with van der Waals surface area (Å²) in [7, 11) is -3.81. The first-order chi connectivity index (χ1) is 9.40. The Morgan fingerprint density at radius 3 is 2.70 bits per heavy atom. The number of halogens is 1. The fourth-order valence-corrected chi connectivity index (χ4v) is 4.11. The molecule has 0 amide bonds. The Kier molecular flexibility index (Phi) is 4.78. The van der Waals surface area contributed by atoms with E-state index in [1.54, 1.807) is 6.92 Å². The van der Waals surface area contributed by atoms with Crippen LogP contribution in [0, 0.1) is 12.7 Å². The molecule has 112 valence electrons. The number of sulfonamides is 1. The summed E-state index contributed by atoms with van der Waals surface area (Å²) in [6.45, 7) is 1.62. The van der Waals surface area contributed by atoms with Crippen LogP contribution in [0.1, 0.15) is 37.7 Å². The van der Waals surface area contributed by atoms with Crippen LogP contribution in [0.25, 0.3) is 0 Å². The SMILES string of the molecule is Cc1ccc(F)cc1S(=O)(=O)NC1CCCCCC1O. The molecule has 0 spiro atoms. The molecular weight excluding hydrogens is 281 g/mol. The van der Waals surface area contributed by atoms with Crippen molar-refractivity contribution in [2.45, 2.75) is 56.1 Å². The quantitative estimate of drug-likeness (QED) is 0.840. The maximum Gasteiger partial charge on any atom is 0.241 e. The summed E-state index contributed by atoms with van der Waals surface area (Å²) in [4.78, 5) is -0.0612. The number of nitrogens with one attached hydrogen (secondary N) is 1. The first-order valence-electron chi connectivity index (χ1n) is 6.87. The van der Waals surface area contributed by atoms with E-state index in [0.29, 0.717) is 18.4 Å².